The standard InChI is InChI=1S/C14H22N2O3S2/c1-16(2)14(17)12-9-10-13(20-12)21(18,19)15-11-7-5-3-4-6-8-11/h9-11,15H,3-8H2,1-2H3. The molecule has 0 spiro atoms. The third-order valence-electron chi connectivity index (χ3n) is 3.64. The molecule has 1 heterocycles. The van der Waals surface area contributed by atoms with Crippen molar-refractivity contribution >= 4 is 27.3 Å². The lowest BCUT2D eigenvalue weighted by Crippen LogP contribution is -2.33. The van der Waals surface area contributed by atoms with Gasteiger partial charge in [0.25, 0.3) is 5.91 Å². The maximum atomic E-state index is 12.4. The summed E-state index contributed by atoms with van der Waals surface area (Å²) in [7, 11) is -0.211. The van der Waals surface area contributed by atoms with E-state index in [0.717, 1.165) is 37.0 Å². The summed E-state index contributed by atoms with van der Waals surface area (Å²) in [4.78, 5) is 13.7. The van der Waals surface area contributed by atoms with Crippen LogP contribution in [0.15, 0.2) is 16.3 Å². The lowest BCUT2D eigenvalue weighted by atomic mass is 10.1. The Balaban J connectivity index is 2.10. The van der Waals surface area contributed by atoms with E-state index in [9.17, 15) is 13.2 Å². The van der Waals surface area contributed by atoms with Gasteiger partial charge in [-0.05, 0) is 25.0 Å². The number of sulfonamides is 1. The van der Waals surface area contributed by atoms with E-state index in [0.29, 0.717) is 4.88 Å². The molecule has 118 valence electrons. The van der Waals surface area contributed by atoms with Gasteiger partial charge in [-0.2, -0.15) is 0 Å². The highest BCUT2D eigenvalue weighted by atomic mass is 32.2. The van der Waals surface area contributed by atoms with Crippen LogP contribution in [0.5, 0.6) is 0 Å². The number of amides is 1. The summed E-state index contributed by atoms with van der Waals surface area (Å²) in [5.74, 6) is -0.170. The van der Waals surface area contributed by atoms with E-state index in [2.05, 4.69) is 4.72 Å². The highest BCUT2D eigenvalue weighted by Crippen LogP contribution is 2.24. The molecule has 0 aromatic carbocycles. The molecule has 1 aliphatic rings. The fourth-order valence-electron chi connectivity index (χ4n) is 2.47. The van der Waals surface area contributed by atoms with Crippen LogP contribution < -0.4 is 4.72 Å². The Kier molecular flexibility index (Phi) is 5.40. The monoisotopic (exact) mass is 330 g/mol. The van der Waals surface area contributed by atoms with Crippen LogP contribution in [0.2, 0.25) is 0 Å². The minimum absolute atomic E-state index is 0.0209. The van der Waals surface area contributed by atoms with Crippen LogP contribution in [0, 0.1) is 0 Å². The zero-order chi connectivity index (χ0) is 15.5. The van der Waals surface area contributed by atoms with E-state index in [1.54, 1.807) is 20.2 Å². The first-order valence-electron chi connectivity index (χ1n) is 7.24. The van der Waals surface area contributed by atoms with Gasteiger partial charge in [-0.3, -0.25) is 4.79 Å². The van der Waals surface area contributed by atoms with Gasteiger partial charge in [-0.25, -0.2) is 13.1 Å². The van der Waals surface area contributed by atoms with E-state index in [1.807, 2.05) is 0 Å². The molecule has 21 heavy (non-hydrogen) atoms. The average molecular weight is 330 g/mol. The summed E-state index contributed by atoms with van der Waals surface area (Å²) in [5, 5.41) is 0. The molecular weight excluding hydrogens is 308 g/mol. The van der Waals surface area contributed by atoms with E-state index in [-0.39, 0.29) is 16.2 Å². The minimum Gasteiger partial charge on any atom is -0.344 e. The van der Waals surface area contributed by atoms with Gasteiger partial charge in [0.15, 0.2) is 0 Å². The maximum absolute atomic E-state index is 12.4. The van der Waals surface area contributed by atoms with Gasteiger partial charge in [0.1, 0.15) is 4.21 Å². The number of hydrogen-bond donors (Lipinski definition) is 1. The first-order valence-corrected chi connectivity index (χ1v) is 9.54. The molecule has 0 saturated heterocycles. The Morgan fingerprint density at radius 1 is 1.19 bits per heavy atom. The van der Waals surface area contributed by atoms with Crippen molar-refractivity contribution in [2.45, 2.75) is 48.8 Å². The Morgan fingerprint density at radius 3 is 2.38 bits per heavy atom. The molecule has 0 unspecified atom stereocenters. The highest BCUT2D eigenvalue weighted by molar-refractivity contribution is 7.91. The molecule has 1 aromatic heterocycles. The van der Waals surface area contributed by atoms with E-state index in [1.165, 1.54) is 23.8 Å². The van der Waals surface area contributed by atoms with Crippen LogP contribution >= 0.6 is 11.3 Å². The predicted molar refractivity (Wildman–Crippen MR) is 84.1 cm³/mol. The maximum Gasteiger partial charge on any atom is 0.263 e. The van der Waals surface area contributed by atoms with Crippen molar-refractivity contribution in [2.24, 2.45) is 0 Å². The first-order chi connectivity index (χ1) is 9.90. The van der Waals surface area contributed by atoms with E-state index < -0.39 is 10.0 Å². The summed E-state index contributed by atoms with van der Waals surface area (Å²) in [5.41, 5.74) is 0. The Labute approximate surface area is 130 Å². The molecule has 5 nitrogen and oxygen atoms in total. The van der Waals surface area contributed by atoms with Gasteiger partial charge in [0, 0.05) is 20.1 Å². The number of rotatable bonds is 4. The fourth-order valence-corrected chi connectivity index (χ4v) is 5.12. The molecule has 1 fully saturated rings. The lowest BCUT2D eigenvalue weighted by molar-refractivity contribution is 0.0832. The fraction of sp³-hybridized carbons (Fsp3) is 0.643. The van der Waals surface area contributed by atoms with Crippen LogP contribution in [0.1, 0.15) is 48.2 Å². The number of carbonyl (C=O) groups is 1. The minimum atomic E-state index is -3.52. The van der Waals surface area contributed by atoms with Gasteiger partial charge >= 0.3 is 0 Å². The van der Waals surface area contributed by atoms with Crippen LogP contribution in [-0.2, 0) is 10.0 Å². The summed E-state index contributed by atoms with van der Waals surface area (Å²) >= 11 is 1.03. The molecule has 2 rings (SSSR count). The summed E-state index contributed by atoms with van der Waals surface area (Å²) < 4.78 is 27.8. The van der Waals surface area contributed by atoms with Crippen LogP contribution in [-0.4, -0.2) is 39.4 Å². The third-order valence-corrected chi connectivity index (χ3v) is 6.73. The molecule has 7 heteroatoms. The normalized spacial score (nSPS) is 17.4. The molecule has 0 aliphatic heterocycles. The van der Waals surface area contributed by atoms with Crippen molar-refractivity contribution in [3.05, 3.63) is 17.0 Å². The van der Waals surface area contributed by atoms with Crippen molar-refractivity contribution in [3.63, 3.8) is 0 Å². The zero-order valence-electron chi connectivity index (χ0n) is 12.5. The van der Waals surface area contributed by atoms with Gasteiger partial charge in [0.05, 0.1) is 4.88 Å². The number of nitrogens with one attached hydrogen (secondary N) is 1. The second-order valence-corrected chi connectivity index (χ2v) is 8.65. The number of thiophene rings is 1. The molecule has 0 atom stereocenters. The Hall–Kier alpha value is -0.920. The smallest absolute Gasteiger partial charge is 0.263 e. The average Bonchev–Trinajstić information content (AvgIpc) is 2.79. The van der Waals surface area contributed by atoms with Gasteiger partial charge < -0.3 is 4.90 Å². The summed E-state index contributed by atoms with van der Waals surface area (Å²) in [6.07, 6.45) is 6.30. The second kappa shape index (κ2) is 6.89. The Bertz CT molecular complexity index is 585. The quantitative estimate of drug-likeness (QED) is 0.862. The van der Waals surface area contributed by atoms with Gasteiger partial charge in [0.2, 0.25) is 10.0 Å². The van der Waals surface area contributed by atoms with Crippen molar-refractivity contribution in [1.29, 1.82) is 0 Å². The van der Waals surface area contributed by atoms with Gasteiger partial charge in [-0.15, -0.1) is 11.3 Å². The lowest BCUT2D eigenvalue weighted by Gasteiger charge is -2.15. The van der Waals surface area contributed by atoms with Crippen molar-refractivity contribution < 1.29 is 13.2 Å². The second-order valence-electron chi connectivity index (χ2n) is 5.63. The summed E-state index contributed by atoms with van der Waals surface area (Å²) in [6.45, 7) is 0. The van der Waals surface area contributed by atoms with Crippen molar-refractivity contribution in [3.8, 4) is 0 Å². The molecule has 1 aliphatic carbocycles. The predicted octanol–water partition coefficient (Wildman–Crippen LogP) is 2.45. The van der Waals surface area contributed by atoms with Gasteiger partial charge in [-0.1, -0.05) is 25.7 Å². The summed E-state index contributed by atoms with van der Waals surface area (Å²) in [6, 6.07) is 3.11. The molecule has 1 N–H and O–H groups in total. The highest BCUT2D eigenvalue weighted by Gasteiger charge is 2.24. The number of carbonyl (C=O) groups excluding carboxylic acids is 1. The van der Waals surface area contributed by atoms with Crippen LogP contribution in [0.25, 0.3) is 0 Å². The van der Waals surface area contributed by atoms with Crippen LogP contribution in [0.3, 0.4) is 0 Å². The van der Waals surface area contributed by atoms with E-state index >= 15 is 0 Å². The molecule has 1 amide bonds. The molecular formula is C14H22N2O3S2. The molecule has 1 saturated carbocycles. The Morgan fingerprint density at radius 2 is 1.81 bits per heavy atom. The van der Waals surface area contributed by atoms with Crippen molar-refractivity contribution in [2.75, 3.05) is 14.1 Å². The first kappa shape index (κ1) is 16.5. The third kappa shape index (κ3) is 4.28. The molecule has 1 aromatic rings. The zero-order valence-corrected chi connectivity index (χ0v) is 14.1. The molecule has 0 bridgehead atoms. The number of nitrogens with zero attached hydrogens (tertiary/aromatic N) is 1. The van der Waals surface area contributed by atoms with E-state index in [4.69, 9.17) is 0 Å². The number of hydrogen-bond acceptors (Lipinski definition) is 4. The SMILES string of the molecule is CN(C)C(=O)c1ccc(S(=O)(=O)NC2CCCCCC2)s1. The topological polar surface area (TPSA) is 66.5 Å². The van der Waals surface area contributed by atoms with Crippen molar-refractivity contribution in [1.82, 2.24) is 9.62 Å². The largest absolute Gasteiger partial charge is 0.344 e. The molecule has 0 radical (unpaired) electrons. The van der Waals surface area contributed by atoms with Crippen LogP contribution in [0.4, 0.5) is 0 Å².